The second-order valence-electron chi connectivity index (χ2n) is 5.60. The van der Waals surface area contributed by atoms with Gasteiger partial charge in [-0.25, -0.2) is 9.61 Å². The molecule has 1 fully saturated rings. The molecule has 1 aromatic carbocycles. The summed E-state index contributed by atoms with van der Waals surface area (Å²) in [5, 5.41) is 7.93. The molecule has 1 aliphatic rings. The number of hydrogen-bond acceptors (Lipinski definition) is 5. The molecule has 0 saturated carbocycles. The minimum atomic E-state index is 0.489. The van der Waals surface area contributed by atoms with Gasteiger partial charge in [0, 0.05) is 31.4 Å². The molecule has 1 atom stereocenters. The van der Waals surface area contributed by atoms with Crippen molar-refractivity contribution in [2.45, 2.75) is 25.3 Å². The van der Waals surface area contributed by atoms with Crippen LogP contribution in [-0.4, -0.2) is 38.3 Å². The summed E-state index contributed by atoms with van der Waals surface area (Å²) in [6, 6.07) is 6.04. The molecule has 1 N–H and O–H groups in total. The Bertz CT molecular complexity index is 721. The predicted molar refractivity (Wildman–Crippen MR) is 77.6 cm³/mol. The third kappa shape index (κ3) is 2.42. The van der Waals surface area contributed by atoms with E-state index in [4.69, 9.17) is 4.63 Å². The van der Waals surface area contributed by atoms with E-state index in [-0.39, 0.29) is 0 Å². The summed E-state index contributed by atoms with van der Waals surface area (Å²) in [5.41, 5.74) is 2.87. The van der Waals surface area contributed by atoms with Crippen LogP contribution in [0.3, 0.4) is 0 Å². The molecule has 3 heterocycles. The van der Waals surface area contributed by atoms with E-state index in [0.717, 1.165) is 36.5 Å². The fourth-order valence-corrected chi connectivity index (χ4v) is 3.15. The van der Waals surface area contributed by atoms with Gasteiger partial charge in [-0.15, -0.1) is 0 Å². The van der Waals surface area contributed by atoms with Crippen molar-refractivity contribution < 1.29 is 4.63 Å². The lowest BCUT2D eigenvalue weighted by molar-refractivity contribution is 0.197. The highest BCUT2D eigenvalue weighted by Crippen LogP contribution is 2.26. The summed E-state index contributed by atoms with van der Waals surface area (Å²) in [7, 11) is 0. The van der Waals surface area contributed by atoms with E-state index in [1.807, 2.05) is 24.5 Å². The maximum Gasteiger partial charge on any atom is 0.139 e. The van der Waals surface area contributed by atoms with Crippen molar-refractivity contribution in [3.05, 3.63) is 42.0 Å². The van der Waals surface area contributed by atoms with Crippen LogP contribution in [0.2, 0.25) is 0 Å². The van der Waals surface area contributed by atoms with Gasteiger partial charge in [-0.05, 0) is 41.3 Å². The normalized spacial score (nSPS) is 20.1. The van der Waals surface area contributed by atoms with E-state index in [1.165, 1.54) is 18.4 Å². The number of piperidine rings is 1. The fraction of sp³-hybridized carbons (Fsp3) is 0.400. The topological polar surface area (TPSA) is 70.8 Å². The smallest absolute Gasteiger partial charge is 0.139 e. The Hall–Kier alpha value is -2.21. The molecule has 1 aliphatic heterocycles. The van der Waals surface area contributed by atoms with Gasteiger partial charge in [-0.2, -0.15) is 0 Å². The van der Waals surface area contributed by atoms with E-state index < -0.39 is 0 Å². The number of aromatic amines is 1. The van der Waals surface area contributed by atoms with Crippen LogP contribution in [0.25, 0.3) is 11.0 Å². The predicted octanol–water partition coefficient (Wildman–Crippen LogP) is 2.33. The summed E-state index contributed by atoms with van der Waals surface area (Å²) in [6.45, 7) is 3.01. The Kier molecular flexibility index (Phi) is 3.16. The molecule has 0 amide bonds. The van der Waals surface area contributed by atoms with Crippen molar-refractivity contribution in [3.63, 3.8) is 0 Å². The molecule has 108 valence electrons. The van der Waals surface area contributed by atoms with Crippen LogP contribution in [0.15, 0.2) is 35.2 Å². The maximum atomic E-state index is 4.84. The van der Waals surface area contributed by atoms with Crippen molar-refractivity contribution in [1.29, 1.82) is 0 Å². The van der Waals surface area contributed by atoms with Crippen LogP contribution < -0.4 is 0 Å². The molecule has 0 bridgehead atoms. The third-order valence-corrected chi connectivity index (χ3v) is 4.18. The molecule has 0 radical (unpaired) electrons. The number of rotatable bonds is 3. The van der Waals surface area contributed by atoms with Crippen LogP contribution in [0.5, 0.6) is 0 Å². The van der Waals surface area contributed by atoms with Crippen molar-refractivity contribution in [1.82, 2.24) is 25.2 Å². The first-order chi connectivity index (χ1) is 10.4. The minimum Gasteiger partial charge on any atom is -0.348 e. The Morgan fingerprint density at radius 3 is 3.24 bits per heavy atom. The highest BCUT2D eigenvalue weighted by molar-refractivity contribution is 5.76. The molecule has 3 aromatic rings. The van der Waals surface area contributed by atoms with Crippen molar-refractivity contribution in [2.24, 2.45) is 0 Å². The highest BCUT2D eigenvalue weighted by atomic mass is 16.6. The first-order valence-electron chi connectivity index (χ1n) is 7.32. The SMILES string of the molecule is c1cc(CN2CCC[C@@H](c3ncc[nH]3)C2)c2nonc2c1. The summed E-state index contributed by atoms with van der Waals surface area (Å²) >= 11 is 0. The summed E-state index contributed by atoms with van der Waals surface area (Å²) in [6.07, 6.45) is 6.12. The molecule has 4 rings (SSSR count). The number of imidazole rings is 1. The van der Waals surface area contributed by atoms with Crippen LogP contribution in [0.4, 0.5) is 0 Å². The van der Waals surface area contributed by atoms with Gasteiger partial charge >= 0.3 is 0 Å². The highest BCUT2D eigenvalue weighted by Gasteiger charge is 2.23. The zero-order valence-corrected chi connectivity index (χ0v) is 11.7. The van der Waals surface area contributed by atoms with Gasteiger partial charge < -0.3 is 4.98 Å². The molecule has 1 saturated heterocycles. The number of benzene rings is 1. The molecule has 0 unspecified atom stereocenters. The number of nitrogens with zero attached hydrogens (tertiary/aromatic N) is 4. The summed E-state index contributed by atoms with van der Waals surface area (Å²) < 4.78 is 4.84. The van der Waals surface area contributed by atoms with E-state index in [1.54, 1.807) is 0 Å². The lowest BCUT2D eigenvalue weighted by atomic mass is 9.97. The monoisotopic (exact) mass is 283 g/mol. The van der Waals surface area contributed by atoms with E-state index in [2.05, 4.69) is 31.2 Å². The second kappa shape index (κ2) is 5.29. The number of H-pyrrole nitrogens is 1. The van der Waals surface area contributed by atoms with Gasteiger partial charge in [0.2, 0.25) is 0 Å². The molecular weight excluding hydrogens is 266 g/mol. The van der Waals surface area contributed by atoms with Crippen LogP contribution in [0, 0.1) is 0 Å². The Morgan fingerprint density at radius 1 is 1.33 bits per heavy atom. The van der Waals surface area contributed by atoms with Gasteiger partial charge in [-0.3, -0.25) is 4.90 Å². The number of aromatic nitrogens is 4. The zero-order chi connectivity index (χ0) is 14.1. The molecule has 0 spiro atoms. The number of hydrogen-bond donors (Lipinski definition) is 1. The molecular formula is C15H17N5O. The fourth-order valence-electron chi connectivity index (χ4n) is 3.15. The quantitative estimate of drug-likeness (QED) is 0.798. The van der Waals surface area contributed by atoms with E-state index in [9.17, 15) is 0 Å². The average molecular weight is 283 g/mol. The van der Waals surface area contributed by atoms with Gasteiger partial charge in [-0.1, -0.05) is 12.1 Å². The Labute approximate surface area is 122 Å². The van der Waals surface area contributed by atoms with Crippen molar-refractivity contribution in [2.75, 3.05) is 13.1 Å². The van der Waals surface area contributed by atoms with Gasteiger partial charge in [0.1, 0.15) is 16.9 Å². The van der Waals surface area contributed by atoms with Crippen LogP contribution in [0.1, 0.15) is 30.1 Å². The second-order valence-corrected chi connectivity index (χ2v) is 5.60. The Balaban J connectivity index is 1.53. The van der Waals surface area contributed by atoms with E-state index in [0.29, 0.717) is 5.92 Å². The van der Waals surface area contributed by atoms with Gasteiger partial charge in [0.25, 0.3) is 0 Å². The number of likely N-dealkylation sites (tertiary alicyclic amines) is 1. The summed E-state index contributed by atoms with van der Waals surface area (Å²) in [5.74, 6) is 1.59. The average Bonchev–Trinajstić information content (AvgIpc) is 3.20. The van der Waals surface area contributed by atoms with Gasteiger partial charge in [0.05, 0.1) is 0 Å². The minimum absolute atomic E-state index is 0.489. The van der Waals surface area contributed by atoms with Crippen molar-refractivity contribution in [3.8, 4) is 0 Å². The van der Waals surface area contributed by atoms with Crippen LogP contribution >= 0.6 is 0 Å². The summed E-state index contributed by atoms with van der Waals surface area (Å²) in [4.78, 5) is 10.1. The lowest BCUT2D eigenvalue weighted by Gasteiger charge is -2.31. The van der Waals surface area contributed by atoms with Gasteiger partial charge in [0.15, 0.2) is 0 Å². The van der Waals surface area contributed by atoms with Crippen molar-refractivity contribution >= 4 is 11.0 Å². The largest absolute Gasteiger partial charge is 0.348 e. The standard InChI is InChI=1S/C15H17N5O/c1-3-11(14-13(5-1)18-21-19-14)9-20-8-2-4-12(10-20)15-16-6-7-17-15/h1,3,5-7,12H,2,4,8-10H2,(H,16,17)/t12-/m1/s1. The molecule has 0 aliphatic carbocycles. The molecule has 6 nitrogen and oxygen atoms in total. The molecule has 6 heteroatoms. The number of fused-ring (bicyclic) bond motifs is 1. The maximum absolute atomic E-state index is 4.84. The molecule has 2 aromatic heterocycles. The molecule has 21 heavy (non-hydrogen) atoms. The zero-order valence-electron chi connectivity index (χ0n) is 11.7. The first-order valence-corrected chi connectivity index (χ1v) is 7.32. The number of nitrogens with one attached hydrogen (secondary N) is 1. The van der Waals surface area contributed by atoms with Crippen LogP contribution in [-0.2, 0) is 6.54 Å². The first kappa shape index (κ1) is 12.5. The van der Waals surface area contributed by atoms with E-state index >= 15 is 0 Å². The third-order valence-electron chi connectivity index (χ3n) is 4.18. The lowest BCUT2D eigenvalue weighted by Crippen LogP contribution is -2.34. The Morgan fingerprint density at radius 2 is 2.33 bits per heavy atom.